The maximum atomic E-state index is 11.4. The third kappa shape index (κ3) is 5.85. The predicted octanol–water partition coefficient (Wildman–Crippen LogP) is 0.643. The normalized spacial score (nSPS) is 10.3. The van der Waals surface area contributed by atoms with Crippen molar-refractivity contribution in [1.29, 1.82) is 0 Å². The van der Waals surface area contributed by atoms with Gasteiger partial charge in [0.1, 0.15) is 0 Å². The average Bonchev–Trinajstić information content (AvgIpc) is 2.76. The number of hydrogen-bond acceptors (Lipinski definition) is 4. The quantitative estimate of drug-likeness (QED) is 0.658. The molecule has 0 atom stereocenters. The maximum absolute atomic E-state index is 11.4. The summed E-state index contributed by atoms with van der Waals surface area (Å²) < 4.78 is 4.89. The van der Waals surface area contributed by atoms with E-state index in [1.165, 1.54) is 0 Å². The van der Waals surface area contributed by atoms with Gasteiger partial charge in [-0.05, 0) is 22.4 Å². The summed E-state index contributed by atoms with van der Waals surface area (Å²) in [5.74, 6) is 0.0759. The minimum atomic E-state index is 0.0759. The van der Waals surface area contributed by atoms with Gasteiger partial charge in [0, 0.05) is 26.7 Å². The summed E-state index contributed by atoms with van der Waals surface area (Å²) in [6, 6.07) is 1.97. The van der Waals surface area contributed by atoms with Gasteiger partial charge in [0.05, 0.1) is 13.0 Å². The summed E-state index contributed by atoms with van der Waals surface area (Å²) in [5.41, 5.74) is 1.08. The molecule has 0 unspecified atom stereocenters. The van der Waals surface area contributed by atoms with Crippen LogP contribution in [-0.4, -0.2) is 39.3 Å². The fourth-order valence-electron chi connectivity index (χ4n) is 1.23. The van der Waals surface area contributed by atoms with Crippen molar-refractivity contribution in [2.24, 2.45) is 0 Å². The number of carbonyl (C=O) groups is 1. The molecule has 0 aliphatic carbocycles. The molecule has 0 bridgehead atoms. The number of amides is 1. The van der Waals surface area contributed by atoms with Crippen molar-refractivity contribution in [1.82, 2.24) is 10.6 Å². The molecule has 1 heterocycles. The minimum Gasteiger partial charge on any atom is -0.383 e. The molecule has 90 valence electrons. The molecule has 0 fully saturated rings. The largest absolute Gasteiger partial charge is 0.383 e. The second-order valence-electron chi connectivity index (χ2n) is 3.40. The van der Waals surface area contributed by atoms with Gasteiger partial charge in [0.25, 0.3) is 0 Å². The van der Waals surface area contributed by atoms with E-state index in [0.717, 1.165) is 18.7 Å². The molecule has 1 rings (SSSR count). The molecule has 0 aliphatic heterocycles. The van der Waals surface area contributed by atoms with E-state index >= 15 is 0 Å². The van der Waals surface area contributed by atoms with Crippen molar-refractivity contribution in [3.8, 4) is 0 Å². The Hall–Kier alpha value is -0.910. The zero-order valence-electron chi connectivity index (χ0n) is 9.49. The first-order chi connectivity index (χ1) is 7.83. The Labute approximate surface area is 100 Å². The second-order valence-corrected chi connectivity index (χ2v) is 4.18. The number of nitrogens with one attached hydrogen (secondary N) is 2. The number of hydrogen-bond donors (Lipinski definition) is 2. The van der Waals surface area contributed by atoms with Crippen LogP contribution < -0.4 is 10.6 Å². The molecule has 0 spiro atoms. The van der Waals surface area contributed by atoms with Crippen LogP contribution in [0, 0.1) is 0 Å². The van der Waals surface area contributed by atoms with Crippen molar-refractivity contribution in [2.45, 2.75) is 6.42 Å². The van der Waals surface area contributed by atoms with Gasteiger partial charge in [-0.25, -0.2) is 0 Å². The van der Waals surface area contributed by atoms with E-state index in [2.05, 4.69) is 10.6 Å². The summed E-state index contributed by atoms with van der Waals surface area (Å²) >= 11 is 1.61. The van der Waals surface area contributed by atoms with Crippen LogP contribution in [0.25, 0.3) is 0 Å². The van der Waals surface area contributed by atoms with E-state index in [1.807, 2.05) is 16.8 Å². The SMILES string of the molecule is COCCNCCNC(=O)Cc1ccsc1. The molecule has 0 aromatic carbocycles. The van der Waals surface area contributed by atoms with Gasteiger partial charge in [0.2, 0.25) is 5.91 Å². The van der Waals surface area contributed by atoms with Gasteiger partial charge in [-0.3, -0.25) is 4.79 Å². The Morgan fingerprint density at radius 3 is 3.00 bits per heavy atom. The molecule has 0 radical (unpaired) electrons. The lowest BCUT2D eigenvalue weighted by atomic mass is 10.2. The molecule has 0 saturated heterocycles. The van der Waals surface area contributed by atoms with E-state index in [-0.39, 0.29) is 5.91 Å². The molecule has 0 saturated carbocycles. The molecule has 1 amide bonds. The van der Waals surface area contributed by atoms with Gasteiger partial charge < -0.3 is 15.4 Å². The van der Waals surface area contributed by atoms with Gasteiger partial charge in [-0.1, -0.05) is 0 Å². The predicted molar refractivity (Wildman–Crippen MR) is 65.8 cm³/mol. The van der Waals surface area contributed by atoms with Gasteiger partial charge in [0.15, 0.2) is 0 Å². The first kappa shape index (κ1) is 13.2. The van der Waals surface area contributed by atoms with Crippen molar-refractivity contribution < 1.29 is 9.53 Å². The van der Waals surface area contributed by atoms with Crippen LogP contribution >= 0.6 is 11.3 Å². The Morgan fingerprint density at radius 2 is 2.31 bits per heavy atom. The highest BCUT2D eigenvalue weighted by molar-refractivity contribution is 7.07. The molecule has 2 N–H and O–H groups in total. The molecule has 1 aromatic rings. The average molecular weight is 242 g/mol. The van der Waals surface area contributed by atoms with Gasteiger partial charge in [-0.2, -0.15) is 11.3 Å². The third-order valence-corrected chi connectivity index (χ3v) is 2.78. The summed E-state index contributed by atoms with van der Waals surface area (Å²) in [7, 11) is 1.67. The summed E-state index contributed by atoms with van der Waals surface area (Å²) in [6.07, 6.45) is 0.474. The molecule has 1 aromatic heterocycles. The zero-order chi connectivity index (χ0) is 11.6. The molecule has 4 nitrogen and oxygen atoms in total. The Bertz CT molecular complexity index is 288. The fraction of sp³-hybridized carbons (Fsp3) is 0.545. The van der Waals surface area contributed by atoms with Crippen LogP contribution in [0.2, 0.25) is 0 Å². The monoisotopic (exact) mass is 242 g/mol. The molecular weight excluding hydrogens is 224 g/mol. The van der Waals surface area contributed by atoms with Crippen LogP contribution in [0.4, 0.5) is 0 Å². The Morgan fingerprint density at radius 1 is 1.44 bits per heavy atom. The van der Waals surface area contributed by atoms with E-state index in [1.54, 1.807) is 18.4 Å². The number of ether oxygens (including phenoxy) is 1. The number of methoxy groups -OCH3 is 1. The Kier molecular flexibility index (Phi) is 6.80. The van der Waals surface area contributed by atoms with Crippen LogP contribution in [0.3, 0.4) is 0 Å². The van der Waals surface area contributed by atoms with E-state index in [9.17, 15) is 4.79 Å². The van der Waals surface area contributed by atoms with Crippen molar-refractivity contribution >= 4 is 17.2 Å². The molecule has 5 heteroatoms. The van der Waals surface area contributed by atoms with Gasteiger partial charge >= 0.3 is 0 Å². The van der Waals surface area contributed by atoms with Crippen molar-refractivity contribution in [3.05, 3.63) is 22.4 Å². The lowest BCUT2D eigenvalue weighted by Gasteiger charge is -2.05. The molecule has 0 aliphatic rings. The minimum absolute atomic E-state index is 0.0759. The lowest BCUT2D eigenvalue weighted by Crippen LogP contribution is -2.33. The first-order valence-corrected chi connectivity index (χ1v) is 6.24. The highest BCUT2D eigenvalue weighted by Gasteiger charge is 2.02. The fourth-order valence-corrected chi connectivity index (χ4v) is 1.90. The Balaban J connectivity index is 1.98. The summed E-state index contributed by atoms with van der Waals surface area (Å²) in [4.78, 5) is 11.4. The maximum Gasteiger partial charge on any atom is 0.224 e. The van der Waals surface area contributed by atoms with Crippen LogP contribution in [0.1, 0.15) is 5.56 Å². The lowest BCUT2D eigenvalue weighted by molar-refractivity contribution is -0.120. The topological polar surface area (TPSA) is 50.4 Å². The molecule has 16 heavy (non-hydrogen) atoms. The highest BCUT2D eigenvalue weighted by atomic mass is 32.1. The first-order valence-electron chi connectivity index (χ1n) is 5.30. The summed E-state index contributed by atoms with van der Waals surface area (Å²) in [5, 5.41) is 10.0. The van der Waals surface area contributed by atoms with E-state index < -0.39 is 0 Å². The van der Waals surface area contributed by atoms with Gasteiger partial charge in [-0.15, -0.1) is 0 Å². The van der Waals surface area contributed by atoms with Crippen LogP contribution in [0.15, 0.2) is 16.8 Å². The van der Waals surface area contributed by atoms with E-state index in [0.29, 0.717) is 19.6 Å². The molecular formula is C11H18N2O2S. The van der Waals surface area contributed by atoms with Crippen LogP contribution in [0.5, 0.6) is 0 Å². The number of carbonyl (C=O) groups excluding carboxylic acids is 1. The van der Waals surface area contributed by atoms with Crippen LogP contribution in [-0.2, 0) is 16.0 Å². The highest BCUT2D eigenvalue weighted by Crippen LogP contribution is 2.05. The number of thiophene rings is 1. The van der Waals surface area contributed by atoms with Crippen molar-refractivity contribution in [2.75, 3.05) is 33.4 Å². The zero-order valence-corrected chi connectivity index (χ0v) is 10.3. The third-order valence-electron chi connectivity index (χ3n) is 2.05. The van der Waals surface area contributed by atoms with E-state index in [4.69, 9.17) is 4.74 Å². The summed E-state index contributed by atoms with van der Waals surface area (Å²) in [6.45, 7) is 2.95. The smallest absolute Gasteiger partial charge is 0.224 e. The number of rotatable bonds is 8. The standard InChI is InChI=1S/C11H18N2O2S/c1-15-6-5-12-3-4-13-11(14)8-10-2-7-16-9-10/h2,7,9,12H,3-6,8H2,1H3,(H,13,14). The van der Waals surface area contributed by atoms with Crippen molar-refractivity contribution in [3.63, 3.8) is 0 Å². The second kappa shape index (κ2) is 8.27.